The molecule has 0 aliphatic carbocycles. The van der Waals surface area contributed by atoms with Gasteiger partial charge >= 0.3 is 6.09 Å². The van der Waals surface area contributed by atoms with Crippen molar-refractivity contribution in [3.63, 3.8) is 0 Å². The largest absolute Gasteiger partial charge is 0.447 e. The minimum Gasteiger partial charge on any atom is -0.447 e. The molecule has 4 nitrogen and oxygen atoms in total. The molecule has 2 rings (SSSR count). The Balaban J connectivity index is 2.05. The standard InChI is InChI=1S/C12H10BrNO3/c13-10-3-1-2-9(8-10)4-5-11(15)14-6-7-17-12(14)16/h1-5,8H,6-7H2/b5-4+. The van der Waals surface area contributed by atoms with E-state index in [2.05, 4.69) is 20.7 Å². The Morgan fingerprint density at radius 1 is 1.47 bits per heavy atom. The maximum atomic E-state index is 11.6. The van der Waals surface area contributed by atoms with Crippen molar-refractivity contribution in [3.8, 4) is 0 Å². The summed E-state index contributed by atoms with van der Waals surface area (Å²) in [4.78, 5) is 23.8. The molecule has 0 bridgehead atoms. The van der Waals surface area contributed by atoms with Crippen LogP contribution in [0.25, 0.3) is 6.08 Å². The minimum absolute atomic E-state index is 0.273. The highest BCUT2D eigenvalue weighted by Gasteiger charge is 2.26. The van der Waals surface area contributed by atoms with E-state index < -0.39 is 6.09 Å². The van der Waals surface area contributed by atoms with Gasteiger partial charge in [-0.2, -0.15) is 0 Å². The number of cyclic esters (lactones) is 1. The molecule has 1 aliphatic heterocycles. The average Bonchev–Trinajstić information content (AvgIpc) is 2.72. The summed E-state index contributed by atoms with van der Waals surface area (Å²) in [5.74, 6) is -0.354. The zero-order valence-electron chi connectivity index (χ0n) is 8.93. The van der Waals surface area contributed by atoms with E-state index in [4.69, 9.17) is 0 Å². The topological polar surface area (TPSA) is 46.6 Å². The second-order valence-electron chi connectivity index (χ2n) is 3.49. The van der Waals surface area contributed by atoms with Gasteiger partial charge in [0.2, 0.25) is 0 Å². The maximum absolute atomic E-state index is 11.6. The summed E-state index contributed by atoms with van der Waals surface area (Å²) in [6.45, 7) is 0.593. The fourth-order valence-electron chi connectivity index (χ4n) is 1.46. The lowest BCUT2D eigenvalue weighted by Crippen LogP contribution is -2.29. The number of nitrogens with zero attached hydrogens (tertiary/aromatic N) is 1. The lowest BCUT2D eigenvalue weighted by Gasteiger charge is -2.06. The third-order valence-electron chi connectivity index (χ3n) is 2.29. The van der Waals surface area contributed by atoms with E-state index in [1.165, 1.54) is 6.08 Å². The predicted octanol–water partition coefficient (Wildman–Crippen LogP) is 2.44. The Kier molecular flexibility index (Phi) is 3.58. The number of imide groups is 1. The highest BCUT2D eigenvalue weighted by atomic mass is 79.9. The van der Waals surface area contributed by atoms with Crippen LogP contribution in [0.4, 0.5) is 4.79 Å². The van der Waals surface area contributed by atoms with Crippen LogP contribution in [0.2, 0.25) is 0 Å². The number of carbonyl (C=O) groups is 2. The quantitative estimate of drug-likeness (QED) is 0.788. The molecule has 0 unspecified atom stereocenters. The molecular weight excluding hydrogens is 286 g/mol. The highest BCUT2D eigenvalue weighted by Crippen LogP contribution is 2.13. The van der Waals surface area contributed by atoms with Gasteiger partial charge in [0.15, 0.2) is 0 Å². The summed E-state index contributed by atoms with van der Waals surface area (Å²) in [6, 6.07) is 7.53. The molecule has 0 spiro atoms. The van der Waals surface area contributed by atoms with Crippen molar-refractivity contribution in [2.75, 3.05) is 13.2 Å². The summed E-state index contributed by atoms with van der Waals surface area (Å²) in [6.07, 6.45) is 2.46. The molecule has 88 valence electrons. The first-order valence-electron chi connectivity index (χ1n) is 5.09. The SMILES string of the molecule is O=C(/C=C/c1cccc(Br)c1)N1CCOC1=O. The monoisotopic (exact) mass is 295 g/mol. The first kappa shape index (κ1) is 11.9. The van der Waals surface area contributed by atoms with Crippen molar-refractivity contribution < 1.29 is 14.3 Å². The Bertz CT molecular complexity index is 484. The highest BCUT2D eigenvalue weighted by molar-refractivity contribution is 9.10. The predicted molar refractivity (Wildman–Crippen MR) is 66.2 cm³/mol. The van der Waals surface area contributed by atoms with Gasteiger partial charge in [-0.1, -0.05) is 28.1 Å². The molecule has 0 saturated carbocycles. The number of ether oxygens (including phenoxy) is 1. The summed E-state index contributed by atoms with van der Waals surface area (Å²) < 4.78 is 5.62. The van der Waals surface area contributed by atoms with E-state index in [0.717, 1.165) is 14.9 Å². The van der Waals surface area contributed by atoms with Crippen LogP contribution in [0.5, 0.6) is 0 Å². The van der Waals surface area contributed by atoms with Crippen molar-refractivity contribution in [1.82, 2.24) is 4.90 Å². The molecule has 17 heavy (non-hydrogen) atoms. The van der Waals surface area contributed by atoms with Crippen LogP contribution in [0.1, 0.15) is 5.56 Å². The van der Waals surface area contributed by atoms with Gasteiger partial charge in [0.05, 0.1) is 6.54 Å². The molecule has 0 aromatic heterocycles. The van der Waals surface area contributed by atoms with E-state index >= 15 is 0 Å². The Morgan fingerprint density at radius 2 is 2.29 bits per heavy atom. The van der Waals surface area contributed by atoms with E-state index in [0.29, 0.717) is 6.54 Å². The van der Waals surface area contributed by atoms with Gasteiger partial charge in [0.1, 0.15) is 6.61 Å². The molecular formula is C12H10BrNO3. The number of halogens is 1. The number of hydrogen-bond acceptors (Lipinski definition) is 3. The zero-order chi connectivity index (χ0) is 12.3. The van der Waals surface area contributed by atoms with Crippen LogP contribution < -0.4 is 0 Å². The van der Waals surface area contributed by atoms with Crippen LogP contribution in [0, 0.1) is 0 Å². The molecule has 1 saturated heterocycles. The number of carbonyl (C=O) groups excluding carboxylic acids is 2. The Hall–Kier alpha value is -1.62. The second-order valence-corrected chi connectivity index (χ2v) is 4.41. The van der Waals surface area contributed by atoms with Crippen LogP contribution in [0.15, 0.2) is 34.8 Å². The van der Waals surface area contributed by atoms with Gasteiger partial charge in [0.25, 0.3) is 5.91 Å². The Labute approximate surface area is 107 Å². The van der Waals surface area contributed by atoms with Gasteiger partial charge in [-0.05, 0) is 23.8 Å². The summed E-state index contributed by atoms with van der Waals surface area (Å²) in [5, 5.41) is 0. The first-order valence-corrected chi connectivity index (χ1v) is 5.88. The summed E-state index contributed by atoms with van der Waals surface area (Å²) >= 11 is 3.34. The number of amides is 2. The second kappa shape index (κ2) is 5.14. The lowest BCUT2D eigenvalue weighted by atomic mass is 10.2. The van der Waals surface area contributed by atoms with Crippen molar-refractivity contribution >= 4 is 34.0 Å². The minimum atomic E-state index is -0.575. The molecule has 5 heteroatoms. The molecule has 0 atom stereocenters. The van der Waals surface area contributed by atoms with Crippen LogP contribution >= 0.6 is 15.9 Å². The lowest BCUT2D eigenvalue weighted by molar-refractivity contribution is -0.122. The van der Waals surface area contributed by atoms with Crippen molar-refractivity contribution in [2.45, 2.75) is 0 Å². The van der Waals surface area contributed by atoms with Gasteiger partial charge in [0, 0.05) is 10.5 Å². The smallest absolute Gasteiger partial charge is 0.416 e. The number of rotatable bonds is 2. The molecule has 1 fully saturated rings. The third kappa shape index (κ3) is 2.94. The summed E-state index contributed by atoms with van der Waals surface area (Å²) in [5.41, 5.74) is 0.889. The van der Waals surface area contributed by atoms with E-state index in [-0.39, 0.29) is 12.5 Å². The van der Waals surface area contributed by atoms with Crippen LogP contribution in [-0.4, -0.2) is 30.1 Å². The van der Waals surface area contributed by atoms with Gasteiger partial charge in [-0.3, -0.25) is 4.79 Å². The van der Waals surface area contributed by atoms with E-state index in [1.807, 2.05) is 24.3 Å². The fraction of sp³-hybridized carbons (Fsp3) is 0.167. The molecule has 1 aromatic rings. The molecule has 0 N–H and O–H groups in total. The van der Waals surface area contributed by atoms with Crippen molar-refractivity contribution in [2.24, 2.45) is 0 Å². The van der Waals surface area contributed by atoms with Gasteiger partial charge in [-0.15, -0.1) is 0 Å². The number of hydrogen-bond donors (Lipinski definition) is 0. The van der Waals surface area contributed by atoms with E-state index in [1.54, 1.807) is 6.08 Å². The fourth-order valence-corrected chi connectivity index (χ4v) is 1.88. The van der Waals surface area contributed by atoms with Crippen molar-refractivity contribution in [1.29, 1.82) is 0 Å². The number of benzene rings is 1. The zero-order valence-corrected chi connectivity index (χ0v) is 10.5. The summed E-state index contributed by atoms with van der Waals surface area (Å²) in [7, 11) is 0. The molecule has 1 heterocycles. The van der Waals surface area contributed by atoms with Gasteiger partial charge in [-0.25, -0.2) is 9.69 Å². The molecule has 1 aliphatic rings. The maximum Gasteiger partial charge on any atom is 0.416 e. The average molecular weight is 296 g/mol. The normalized spacial score (nSPS) is 15.4. The van der Waals surface area contributed by atoms with Crippen LogP contribution in [0.3, 0.4) is 0 Å². The van der Waals surface area contributed by atoms with E-state index in [9.17, 15) is 9.59 Å². The first-order chi connectivity index (χ1) is 8.16. The van der Waals surface area contributed by atoms with Crippen molar-refractivity contribution in [3.05, 3.63) is 40.4 Å². The molecule has 0 radical (unpaired) electrons. The molecule has 2 amide bonds. The van der Waals surface area contributed by atoms with Crippen LogP contribution in [-0.2, 0) is 9.53 Å². The Morgan fingerprint density at radius 3 is 2.94 bits per heavy atom. The molecule has 1 aromatic carbocycles. The third-order valence-corrected chi connectivity index (χ3v) is 2.79. The van der Waals surface area contributed by atoms with Gasteiger partial charge < -0.3 is 4.74 Å².